The van der Waals surface area contributed by atoms with Crippen LogP contribution in [0.1, 0.15) is 69.7 Å². The van der Waals surface area contributed by atoms with Crippen LogP contribution in [0.2, 0.25) is 0 Å². The molecule has 1 aromatic rings. The molecule has 0 radical (unpaired) electrons. The van der Waals surface area contributed by atoms with E-state index < -0.39 is 6.10 Å². The summed E-state index contributed by atoms with van der Waals surface area (Å²) in [7, 11) is 0. The average molecular weight is 267 g/mol. The smallest absolute Gasteiger partial charge is 0.255 e. The molecule has 0 spiro atoms. The van der Waals surface area contributed by atoms with E-state index in [-0.39, 0.29) is 0 Å². The Bertz CT molecular complexity index is 384. The Kier molecular flexibility index (Phi) is 4.93. The number of aliphatic hydroxyl groups excluding tert-OH is 1. The van der Waals surface area contributed by atoms with Crippen molar-refractivity contribution in [2.45, 2.75) is 58.0 Å². The highest BCUT2D eigenvalue weighted by molar-refractivity contribution is 4.99. The number of nitrogens with two attached hydrogens (primary N) is 1. The summed E-state index contributed by atoms with van der Waals surface area (Å²) in [5.74, 6) is 3.04. The molecule has 1 aliphatic carbocycles. The van der Waals surface area contributed by atoms with Crippen LogP contribution in [-0.2, 0) is 0 Å². The van der Waals surface area contributed by atoms with Crippen molar-refractivity contribution in [1.82, 2.24) is 10.1 Å². The second-order valence-electron chi connectivity index (χ2n) is 5.94. The van der Waals surface area contributed by atoms with Gasteiger partial charge in [-0.2, -0.15) is 4.98 Å². The van der Waals surface area contributed by atoms with E-state index >= 15 is 0 Å². The zero-order valence-electron chi connectivity index (χ0n) is 11.9. The maximum absolute atomic E-state index is 9.77. The van der Waals surface area contributed by atoms with Gasteiger partial charge < -0.3 is 15.4 Å². The lowest BCUT2D eigenvalue weighted by Gasteiger charge is -2.29. The van der Waals surface area contributed by atoms with Gasteiger partial charge in [0.15, 0.2) is 5.82 Å². The van der Waals surface area contributed by atoms with E-state index in [0.29, 0.717) is 24.8 Å². The third kappa shape index (κ3) is 3.54. The first-order chi connectivity index (χ1) is 9.11. The Morgan fingerprint density at radius 1 is 1.32 bits per heavy atom. The highest BCUT2D eigenvalue weighted by atomic mass is 16.5. The summed E-state index contributed by atoms with van der Waals surface area (Å²) < 4.78 is 5.14. The number of rotatable bonds is 5. The molecule has 1 aromatic heterocycles. The molecule has 1 aliphatic rings. The lowest BCUT2D eigenvalue weighted by Crippen LogP contribution is -2.18. The molecule has 1 unspecified atom stereocenters. The summed E-state index contributed by atoms with van der Waals surface area (Å²) in [6.45, 7) is 5.00. The second kappa shape index (κ2) is 6.48. The highest BCUT2D eigenvalue weighted by Crippen LogP contribution is 2.37. The Hall–Kier alpha value is -0.940. The standard InChI is InChI=1S/C14H25N3O2/c1-9(2)10-3-5-11(6-4-10)13-16-14(19-17-13)12(18)7-8-15/h9-12,18H,3-8,15H2,1-2H3. The molecule has 3 N–H and O–H groups in total. The van der Waals surface area contributed by atoms with Gasteiger partial charge in [0.25, 0.3) is 5.89 Å². The van der Waals surface area contributed by atoms with Gasteiger partial charge in [-0.1, -0.05) is 19.0 Å². The van der Waals surface area contributed by atoms with Gasteiger partial charge in [0, 0.05) is 5.92 Å². The summed E-state index contributed by atoms with van der Waals surface area (Å²) in [5.41, 5.74) is 5.41. The van der Waals surface area contributed by atoms with E-state index in [2.05, 4.69) is 24.0 Å². The van der Waals surface area contributed by atoms with Crippen LogP contribution in [0.25, 0.3) is 0 Å². The summed E-state index contributed by atoms with van der Waals surface area (Å²) in [5, 5.41) is 13.8. The van der Waals surface area contributed by atoms with Crippen LogP contribution in [0.4, 0.5) is 0 Å². The monoisotopic (exact) mass is 267 g/mol. The van der Waals surface area contributed by atoms with Crippen molar-refractivity contribution in [3.05, 3.63) is 11.7 Å². The Morgan fingerprint density at radius 2 is 2.00 bits per heavy atom. The number of hydrogen-bond acceptors (Lipinski definition) is 5. The third-order valence-electron chi connectivity index (χ3n) is 4.26. The summed E-state index contributed by atoms with van der Waals surface area (Å²) in [6, 6.07) is 0. The van der Waals surface area contributed by atoms with Crippen molar-refractivity contribution in [2.24, 2.45) is 17.6 Å². The van der Waals surface area contributed by atoms with Crippen molar-refractivity contribution in [3.63, 3.8) is 0 Å². The van der Waals surface area contributed by atoms with Crippen LogP contribution in [0.3, 0.4) is 0 Å². The van der Waals surface area contributed by atoms with Crippen molar-refractivity contribution >= 4 is 0 Å². The minimum absolute atomic E-state index is 0.312. The SMILES string of the molecule is CC(C)C1CCC(c2noc(C(O)CCN)n2)CC1. The fourth-order valence-electron chi connectivity index (χ4n) is 2.87. The van der Waals surface area contributed by atoms with Gasteiger partial charge in [-0.25, -0.2) is 0 Å². The zero-order chi connectivity index (χ0) is 13.8. The van der Waals surface area contributed by atoms with E-state index in [1.807, 2.05) is 0 Å². The highest BCUT2D eigenvalue weighted by Gasteiger charge is 2.28. The molecule has 5 nitrogen and oxygen atoms in total. The van der Waals surface area contributed by atoms with Crippen molar-refractivity contribution in [1.29, 1.82) is 0 Å². The average Bonchev–Trinajstić information content (AvgIpc) is 2.89. The Morgan fingerprint density at radius 3 is 2.58 bits per heavy atom. The minimum Gasteiger partial charge on any atom is -0.383 e. The topological polar surface area (TPSA) is 85.2 Å². The van der Waals surface area contributed by atoms with E-state index in [9.17, 15) is 5.11 Å². The molecule has 19 heavy (non-hydrogen) atoms. The molecule has 5 heteroatoms. The van der Waals surface area contributed by atoms with Gasteiger partial charge in [0.05, 0.1) is 0 Å². The van der Waals surface area contributed by atoms with Gasteiger partial charge in [0.1, 0.15) is 6.10 Å². The predicted molar refractivity (Wildman–Crippen MR) is 72.5 cm³/mol. The van der Waals surface area contributed by atoms with Crippen molar-refractivity contribution < 1.29 is 9.63 Å². The van der Waals surface area contributed by atoms with Crippen LogP contribution in [-0.4, -0.2) is 21.8 Å². The van der Waals surface area contributed by atoms with Crippen LogP contribution >= 0.6 is 0 Å². The first-order valence-electron chi connectivity index (χ1n) is 7.33. The van der Waals surface area contributed by atoms with Gasteiger partial charge in [-0.3, -0.25) is 0 Å². The first-order valence-corrected chi connectivity index (χ1v) is 7.33. The molecule has 0 saturated heterocycles. The van der Waals surface area contributed by atoms with Crippen LogP contribution in [0.15, 0.2) is 4.52 Å². The Balaban J connectivity index is 1.93. The summed E-state index contributed by atoms with van der Waals surface area (Å²) in [6.07, 6.45) is 4.44. The van der Waals surface area contributed by atoms with Gasteiger partial charge in [0.2, 0.25) is 0 Å². The second-order valence-corrected chi connectivity index (χ2v) is 5.94. The molecule has 0 aliphatic heterocycles. The first kappa shape index (κ1) is 14.5. The molecule has 1 atom stereocenters. The number of nitrogens with zero attached hydrogens (tertiary/aromatic N) is 2. The van der Waals surface area contributed by atoms with Crippen LogP contribution in [0, 0.1) is 11.8 Å². The molecular weight excluding hydrogens is 242 g/mol. The quantitative estimate of drug-likeness (QED) is 0.855. The molecule has 0 bridgehead atoms. The normalized spacial score (nSPS) is 25.7. The molecule has 0 amide bonds. The van der Waals surface area contributed by atoms with Gasteiger partial charge in [-0.15, -0.1) is 0 Å². The van der Waals surface area contributed by atoms with Gasteiger partial charge in [-0.05, 0) is 50.5 Å². The maximum atomic E-state index is 9.77. The molecule has 0 aromatic carbocycles. The third-order valence-corrected chi connectivity index (χ3v) is 4.26. The predicted octanol–water partition coefficient (Wildman–Crippen LogP) is 2.38. The Labute approximate surface area is 114 Å². The number of aliphatic hydroxyl groups is 1. The van der Waals surface area contributed by atoms with E-state index in [1.165, 1.54) is 12.8 Å². The van der Waals surface area contributed by atoms with E-state index in [1.54, 1.807) is 0 Å². The summed E-state index contributed by atoms with van der Waals surface area (Å²) >= 11 is 0. The fourth-order valence-corrected chi connectivity index (χ4v) is 2.87. The molecule has 1 fully saturated rings. The molecule has 1 heterocycles. The number of aromatic nitrogens is 2. The molecule has 108 valence electrons. The minimum atomic E-state index is -0.724. The lowest BCUT2D eigenvalue weighted by molar-refractivity contribution is 0.127. The van der Waals surface area contributed by atoms with E-state index in [0.717, 1.165) is 30.5 Å². The van der Waals surface area contributed by atoms with Crippen molar-refractivity contribution in [2.75, 3.05) is 6.54 Å². The number of hydrogen-bond donors (Lipinski definition) is 2. The summed E-state index contributed by atoms with van der Waals surface area (Å²) in [4.78, 5) is 4.34. The molecular formula is C14H25N3O2. The lowest BCUT2D eigenvalue weighted by atomic mass is 9.77. The van der Waals surface area contributed by atoms with Crippen LogP contribution in [0.5, 0.6) is 0 Å². The van der Waals surface area contributed by atoms with Crippen molar-refractivity contribution in [3.8, 4) is 0 Å². The largest absolute Gasteiger partial charge is 0.383 e. The molecule has 2 rings (SSSR count). The van der Waals surface area contributed by atoms with E-state index in [4.69, 9.17) is 10.3 Å². The van der Waals surface area contributed by atoms with Crippen LogP contribution < -0.4 is 5.73 Å². The zero-order valence-corrected chi connectivity index (χ0v) is 11.9. The molecule has 1 saturated carbocycles. The van der Waals surface area contributed by atoms with Gasteiger partial charge >= 0.3 is 0 Å². The maximum Gasteiger partial charge on any atom is 0.255 e. The fraction of sp³-hybridized carbons (Fsp3) is 0.857.